The largest absolute Gasteiger partial charge is 0.366 e. The Morgan fingerprint density at radius 1 is 1.55 bits per heavy atom. The highest BCUT2D eigenvalue weighted by molar-refractivity contribution is 5.92. The minimum Gasteiger partial charge on any atom is -0.366 e. The molecule has 0 radical (unpaired) electrons. The molecular weight excluding hydrogens is 257 g/mol. The lowest BCUT2D eigenvalue weighted by molar-refractivity contribution is 0.0999. The minimum absolute atomic E-state index is 0.216. The first-order valence-electron chi connectivity index (χ1n) is 7.14. The maximum absolute atomic E-state index is 14.0. The Labute approximate surface area is 119 Å². The Morgan fingerprint density at radius 3 is 2.90 bits per heavy atom. The molecule has 1 fully saturated rings. The molecule has 0 aliphatic carbocycles. The van der Waals surface area contributed by atoms with Crippen LogP contribution < -0.4 is 11.1 Å². The van der Waals surface area contributed by atoms with Crippen molar-refractivity contribution in [3.8, 4) is 0 Å². The monoisotopic (exact) mass is 279 g/mol. The lowest BCUT2D eigenvalue weighted by Gasteiger charge is -2.34. The number of hydrogen-bond acceptors (Lipinski definition) is 3. The van der Waals surface area contributed by atoms with E-state index in [0.717, 1.165) is 32.5 Å². The Morgan fingerprint density at radius 2 is 2.35 bits per heavy atom. The average Bonchev–Trinajstić information content (AvgIpc) is 2.46. The number of hydrogen-bond donors (Lipinski definition) is 2. The van der Waals surface area contributed by atoms with E-state index < -0.39 is 5.91 Å². The van der Waals surface area contributed by atoms with Crippen LogP contribution in [0.2, 0.25) is 0 Å². The number of nitrogens with one attached hydrogen (secondary N) is 1. The van der Waals surface area contributed by atoms with Crippen LogP contribution >= 0.6 is 0 Å². The number of nitrogens with two attached hydrogens (primary N) is 1. The normalized spacial score (nSPS) is 19.2. The summed E-state index contributed by atoms with van der Waals surface area (Å²) in [6, 6.07) is 4.93. The summed E-state index contributed by atoms with van der Waals surface area (Å²) in [5.74, 6) is -0.956. The molecule has 1 aromatic rings. The van der Waals surface area contributed by atoms with Gasteiger partial charge in [-0.3, -0.25) is 9.69 Å². The number of nitrogens with zero attached hydrogens (tertiary/aromatic N) is 1. The van der Waals surface area contributed by atoms with Crippen LogP contribution in [-0.4, -0.2) is 36.5 Å². The number of halogens is 1. The predicted octanol–water partition coefficient (Wildman–Crippen LogP) is 1.50. The molecule has 1 saturated heterocycles. The van der Waals surface area contributed by atoms with Crippen molar-refractivity contribution in [2.45, 2.75) is 32.4 Å². The van der Waals surface area contributed by atoms with Crippen molar-refractivity contribution in [3.63, 3.8) is 0 Å². The summed E-state index contributed by atoms with van der Waals surface area (Å²) >= 11 is 0. The summed E-state index contributed by atoms with van der Waals surface area (Å²) in [5, 5.41) is 3.38. The van der Waals surface area contributed by atoms with Crippen molar-refractivity contribution < 1.29 is 9.18 Å². The summed E-state index contributed by atoms with van der Waals surface area (Å²) in [4.78, 5) is 13.3. The number of likely N-dealkylation sites (N-methyl/N-ethyl adjacent to an activating group) is 1. The first-order valence-corrected chi connectivity index (χ1v) is 7.14. The van der Waals surface area contributed by atoms with Crippen LogP contribution in [0.5, 0.6) is 0 Å². The van der Waals surface area contributed by atoms with Crippen LogP contribution in [0.3, 0.4) is 0 Å². The predicted molar refractivity (Wildman–Crippen MR) is 76.9 cm³/mol. The second-order valence-corrected chi connectivity index (χ2v) is 5.23. The van der Waals surface area contributed by atoms with E-state index in [4.69, 9.17) is 5.73 Å². The Bertz CT molecular complexity index is 472. The average molecular weight is 279 g/mol. The van der Waals surface area contributed by atoms with Crippen LogP contribution in [0, 0.1) is 5.82 Å². The zero-order valence-corrected chi connectivity index (χ0v) is 11.9. The minimum atomic E-state index is -0.598. The highest BCUT2D eigenvalue weighted by Crippen LogP contribution is 2.17. The fourth-order valence-electron chi connectivity index (χ4n) is 2.69. The number of carbonyl (C=O) groups is 1. The highest BCUT2D eigenvalue weighted by Gasteiger charge is 2.20. The van der Waals surface area contributed by atoms with Gasteiger partial charge in [-0.25, -0.2) is 4.39 Å². The van der Waals surface area contributed by atoms with Gasteiger partial charge < -0.3 is 11.1 Å². The van der Waals surface area contributed by atoms with Gasteiger partial charge in [0, 0.05) is 30.3 Å². The van der Waals surface area contributed by atoms with E-state index in [1.165, 1.54) is 6.07 Å². The van der Waals surface area contributed by atoms with Gasteiger partial charge in [0.15, 0.2) is 0 Å². The van der Waals surface area contributed by atoms with E-state index in [1.54, 1.807) is 12.1 Å². The van der Waals surface area contributed by atoms with Gasteiger partial charge in [0.2, 0.25) is 5.91 Å². The van der Waals surface area contributed by atoms with Crippen molar-refractivity contribution in [2.24, 2.45) is 5.73 Å². The maximum Gasteiger partial charge on any atom is 0.248 e. The number of amides is 1. The van der Waals surface area contributed by atoms with E-state index in [0.29, 0.717) is 18.2 Å². The van der Waals surface area contributed by atoms with Gasteiger partial charge >= 0.3 is 0 Å². The molecule has 0 saturated carbocycles. The molecule has 1 atom stereocenters. The van der Waals surface area contributed by atoms with E-state index in [2.05, 4.69) is 17.1 Å². The summed E-state index contributed by atoms with van der Waals surface area (Å²) in [6.07, 6.45) is 2.30. The Hall–Kier alpha value is -1.46. The van der Waals surface area contributed by atoms with Crippen molar-refractivity contribution in [1.82, 2.24) is 10.2 Å². The molecule has 1 heterocycles. The summed E-state index contributed by atoms with van der Waals surface area (Å²) in [7, 11) is 0. The van der Waals surface area contributed by atoms with Crippen molar-refractivity contribution in [1.29, 1.82) is 0 Å². The van der Waals surface area contributed by atoms with Gasteiger partial charge in [0.1, 0.15) is 5.82 Å². The van der Waals surface area contributed by atoms with E-state index >= 15 is 0 Å². The Kier molecular flexibility index (Phi) is 5.09. The van der Waals surface area contributed by atoms with Gasteiger partial charge in [-0.2, -0.15) is 0 Å². The molecule has 1 aliphatic heterocycles. The van der Waals surface area contributed by atoms with Crippen molar-refractivity contribution >= 4 is 5.91 Å². The lowest BCUT2D eigenvalue weighted by Crippen LogP contribution is -2.45. The molecular formula is C15H22FN3O. The van der Waals surface area contributed by atoms with Crippen molar-refractivity contribution in [3.05, 3.63) is 35.1 Å². The summed E-state index contributed by atoms with van der Waals surface area (Å²) in [5.41, 5.74) is 5.98. The SMILES string of the molecule is CCN(Cc1ccc(C(N)=O)cc1F)C1CCCNC1. The molecule has 0 spiro atoms. The molecule has 1 aromatic carbocycles. The maximum atomic E-state index is 14.0. The van der Waals surface area contributed by atoms with Crippen LogP contribution in [0.1, 0.15) is 35.7 Å². The molecule has 20 heavy (non-hydrogen) atoms. The van der Waals surface area contributed by atoms with Crippen molar-refractivity contribution in [2.75, 3.05) is 19.6 Å². The first-order chi connectivity index (χ1) is 9.61. The quantitative estimate of drug-likeness (QED) is 0.858. The molecule has 0 aromatic heterocycles. The smallest absolute Gasteiger partial charge is 0.248 e. The number of rotatable bonds is 5. The standard InChI is InChI=1S/C15H22FN3O/c1-2-19(13-4-3-7-18-9-13)10-12-6-5-11(15(17)20)8-14(12)16/h5-6,8,13,18H,2-4,7,9-10H2,1H3,(H2,17,20). The first kappa shape index (κ1) is 14.9. The highest BCUT2D eigenvalue weighted by atomic mass is 19.1. The molecule has 1 unspecified atom stereocenters. The van der Waals surface area contributed by atoms with Gasteiger partial charge in [-0.05, 0) is 38.1 Å². The zero-order valence-electron chi connectivity index (χ0n) is 11.9. The fraction of sp³-hybridized carbons (Fsp3) is 0.533. The van der Waals surface area contributed by atoms with Crippen LogP contribution in [-0.2, 0) is 6.54 Å². The van der Waals surface area contributed by atoms with Gasteiger partial charge in [0.05, 0.1) is 0 Å². The third kappa shape index (κ3) is 3.55. The third-order valence-corrected chi connectivity index (χ3v) is 3.90. The molecule has 2 rings (SSSR count). The topological polar surface area (TPSA) is 58.4 Å². The van der Waals surface area contributed by atoms with Gasteiger partial charge in [0.25, 0.3) is 0 Å². The van der Waals surface area contributed by atoms with Gasteiger partial charge in [-0.15, -0.1) is 0 Å². The molecule has 0 bridgehead atoms. The summed E-state index contributed by atoms with van der Waals surface area (Å²) < 4.78 is 14.0. The molecule has 5 heteroatoms. The van der Waals surface area contributed by atoms with E-state index in [-0.39, 0.29) is 11.4 Å². The van der Waals surface area contributed by atoms with E-state index in [9.17, 15) is 9.18 Å². The second-order valence-electron chi connectivity index (χ2n) is 5.23. The van der Waals surface area contributed by atoms with Crippen LogP contribution in [0.4, 0.5) is 4.39 Å². The summed E-state index contributed by atoms with van der Waals surface area (Å²) in [6.45, 7) is 5.55. The number of carbonyl (C=O) groups excluding carboxylic acids is 1. The number of piperidine rings is 1. The molecule has 4 nitrogen and oxygen atoms in total. The molecule has 1 amide bonds. The zero-order chi connectivity index (χ0) is 14.5. The lowest BCUT2D eigenvalue weighted by atomic mass is 10.0. The van der Waals surface area contributed by atoms with Crippen LogP contribution in [0.15, 0.2) is 18.2 Å². The number of primary amides is 1. The van der Waals surface area contributed by atoms with E-state index in [1.807, 2.05) is 0 Å². The molecule has 1 aliphatic rings. The third-order valence-electron chi connectivity index (χ3n) is 3.90. The fourth-order valence-corrected chi connectivity index (χ4v) is 2.69. The van der Waals surface area contributed by atoms with Crippen LogP contribution in [0.25, 0.3) is 0 Å². The van der Waals surface area contributed by atoms with Gasteiger partial charge in [-0.1, -0.05) is 13.0 Å². The molecule has 110 valence electrons. The Balaban J connectivity index is 2.08. The second kappa shape index (κ2) is 6.81. The molecule has 3 N–H and O–H groups in total. The number of benzene rings is 1.